The number of aryl methyl sites for hydroxylation is 1. The lowest BCUT2D eigenvalue weighted by atomic mass is 10.2. The van der Waals surface area contributed by atoms with Gasteiger partial charge in [-0.25, -0.2) is 4.39 Å². The molecule has 0 aliphatic heterocycles. The van der Waals surface area contributed by atoms with Crippen LogP contribution in [-0.2, 0) is 6.42 Å². The molecular formula is C8H8Cl2FN. The van der Waals surface area contributed by atoms with E-state index >= 15 is 0 Å². The highest BCUT2D eigenvalue weighted by Crippen LogP contribution is 2.27. The van der Waals surface area contributed by atoms with E-state index in [0.29, 0.717) is 5.69 Å². The molecule has 0 bridgehead atoms. The van der Waals surface area contributed by atoms with Crippen molar-refractivity contribution < 1.29 is 4.39 Å². The van der Waals surface area contributed by atoms with E-state index in [4.69, 9.17) is 23.2 Å². The minimum atomic E-state index is -0.568. The van der Waals surface area contributed by atoms with E-state index in [2.05, 4.69) is 4.98 Å². The lowest BCUT2D eigenvalue weighted by Crippen LogP contribution is -1.93. The molecule has 0 aromatic carbocycles. The van der Waals surface area contributed by atoms with Crippen LogP contribution in [-0.4, -0.2) is 4.98 Å². The molecule has 1 nitrogen and oxygen atoms in total. The topological polar surface area (TPSA) is 12.9 Å². The summed E-state index contributed by atoms with van der Waals surface area (Å²) in [6.45, 7) is 2.00. The van der Waals surface area contributed by atoms with E-state index in [9.17, 15) is 4.39 Å². The highest BCUT2D eigenvalue weighted by molar-refractivity contribution is 6.42. The Morgan fingerprint density at radius 3 is 2.67 bits per heavy atom. The Morgan fingerprint density at radius 1 is 1.42 bits per heavy atom. The first-order valence-corrected chi connectivity index (χ1v) is 4.40. The van der Waals surface area contributed by atoms with Gasteiger partial charge < -0.3 is 0 Å². The van der Waals surface area contributed by atoms with Gasteiger partial charge in [-0.3, -0.25) is 4.98 Å². The number of rotatable bonds is 2. The molecule has 0 aliphatic carbocycles. The van der Waals surface area contributed by atoms with Crippen molar-refractivity contribution >= 4 is 23.2 Å². The van der Waals surface area contributed by atoms with Crippen LogP contribution in [0.25, 0.3) is 0 Å². The molecule has 0 aliphatic rings. The summed E-state index contributed by atoms with van der Waals surface area (Å²) in [6, 6.07) is 0. The van der Waals surface area contributed by atoms with Crippen LogP contribution in [0.1, 0.15) is 19.0 Å². The van der Waals surface area contributed by atoms with E-state index < -0.39 is 5.82 Å². The van der Waals surface area contributed by atoms with Crippen molar-refractivity contribution in [2.75, 3.05) is 0 Å². The van der Waals surface area contributed by atoms with Gasteiger partial charge in [-0.2, -0.15) is 0 Å². The molecular weight excluding hydrogens is 200 g/mol. The minimum absolute atomic E-state index is 0.0323. The molecule has 0 spiro atoms. The SMILES string of the molecule is CCCc1ncc(F)c(Cl)c1Cl. The van der Waals surface area contributed by atoms with Gasteiger partial charge in [-0.05, 0) is 6.42 Å². The van der Waals surface area contributed by atoms with Crippen LogP contribution in [0.2, 0.25) is 10.0 Å². The number of hydrogen-bond acceptors (Lipinski definition) is 1. The Kier molecular flexibility index (Phi) is 3.29. The Balaban J connectivity index is 3.08. The van der Waals surface area contributed by atoms with Crippen molar-refractivity contribution in [2.24, 2.45) is 0 Å². The quantitative estimate of drug-likeness (QED) is 0.724. The summed E-state index contributed by atoms with van der Waals surface area (Å²) < 4.78 is 12.7. The van der Waals surface area contributed by atoms with Crippen molar-refractivity contribution in [2.45, 2.75) is 19.8 Å². The summed E-state index contributed by atoms with van der Waals surface area (Å²) in [5.41, 5.74) is 0.658. The third kappa shape index (κ3) is 1.87. The molecule has 66 valence electrons. The fourth-order valence-electron chi connectivity index (χ4n) is 0.891. The van der Waals surface area contributed by atoms with E-state index in [-0.39, 0.29) is 10.0 Å². The summed E-state index contributed by atoms with van der Waals surface area (Å²) in [5, 5.41) is 0.202. The van der Waals surface area contributed by atoms with E-state index in [1.54, 1.807) is 0 Å². The molecule has 4 heteroatoms. The highest BCUT2D eigenvalue weighted by atomic mass is 35.5. The average molecular weight is 208 g/mol. The van der Waals surface area contributed by atoms with Crippen molar-refractivity contribution in [1.82, 2.24) is 4.98 Å². The van der Waals surface area contributed by atoms with Gasteiger partial charge >= 0.3 is 0 Å². The van der Waals surface area contributed by atoms with Gasteiger partial charge in [0.05, 0.1) is 21.9 Å². The van der Waals surface area contributed by atoms with Crippen LogP contribution in [0.4, 0.5) is 4.39 Å². The van der Waals surface area contributed by atoms with Gasteiger partial charge in [0.2, 0.25) is 0 Å². The minimum Gasteiger partial charge on any atom is -0.257 e. The van der Waals surface area contributed by atoms with Gasteiger partial charge in [0, 0.05) is 0 Å². The second kappa shape index (κ2) is 4.06. The summed E-state index contributed by atoms with van der Waals surface area (Å²) in [7, 11) is 0. The molecule has 0 unspecified atom stereocenters. The molecule has 12 heavy (non-hydrogen) atoms. The second-order valence-electron chi connectivity index (χ2n) is 2.43. The van der Waals surface area contributed by atoms with Gasteiger partial charge in [0.1, 0.15) is 0 Å². The fourth-order valence-corrected chi connectivity index (χ4v) is 1.28. The van der Waals surface area contributed by atoms with Gasteiger partial charge in [-0.15, -0.1) is 0 Å². The zero-order valence-electron chi connectivity index (χ0n) is 6.57. The first-order chi connectivity index (χ1) is 5.66. The predicted molar refractivity (Wildman–Crippen MR) is 48.2 cm³/mol. The highest BCUT2D eigenvalue weighted by Gasteiger charge is 2.09. The van der Waals surface area contributed by atoms with Crippen molar-refractivity contribution in [1.29, 1.82) is 0 Å². The van der Waals surface area contributed by atoms with E-state index in [0.717, 1.165) is 19.0 Å². The summed E-state index contributed by atoms with van der Waals surface area (Å²) in [6.07, 6.45) is 2.73. The number of nitrogens with zero attached hydrogens (tertiary/aromatic N) is 1. The van der Waals surface area contributed by atoms with Crippen LogP contribution in [0.3, 0.4) is 0 Å². The molecule has 1 rings (SSSR count). The Hall–Kier alpha value is -0.340. The molecule has 0 fully saturated rings. The van der Waals surface area contributed by atoms with Gasteiger partial charge in [0.15, 0.2) is 5.82 Å². The molecule has 1 aromatic rings. The first-order valence-electron chi connectivity index (χ1n) is 3.65. The number of pyridine rings is 1. The maximum Gasteiger partial charge on any atom is 0.161 e. The summed E-state index contributed by atoms with van der Waals surface area (Å²) in [4.78, 5) is 3.84. The smallest absolute Gasteiger partial charge is 0.161 e. The standard InChI is InChI=1S/C8H8Cl2FN/c1-2-3-6-8(10)7(9)5(11)4-12-6/h4H,2-3H2,1H3. The van der Waals surface area contributed by atoms with E-state index in [1.807, 2.05) is 6.92 Å². The summed E-state index contributed by atoms with van der Waals surface area (Å²) in [5.74, 6) is -0.568. The van der Waals surface area contributed by atoms with E-state index in [1.165, 1.54) is 0 Å². The Morgan fingerprint density at radius 2 is 2.08 bits per heavy atom. The van der Waals surface area contributed by atoms with Crippen molar-refractivity contribution in [3.8, 4) is 0 Å². The number of hydrogen-bond donors (Lipinski definition) is 0. The molecule has 0 N–H and O–H groups in total. The average Bonchev–Trinajstić information content (AvgIpc) is 2.07. The second-order valence-corrected chi connectivity index (χ2v) is 3.19. The predicted octanol–water partition coefficient (Wildman–Crippen LogP) is 3.48. The molecule has 0 amide bonds. The zero-order valence-corrected chi connectivity index (χ0v) is 8.08. The number of aromatic nitrogens is 1. The van der Waals surface area contributed by atoms with Crippen LogP contribution < -0.4 is 0 Å². The Bertz CT molecular complexity index is 289. The third-order valence-electron chi connectivity index (χ3n) is 1.48. The Labute approximate surface area is 80.5 Å². The molecule has 0 saturated carbocycles. The zero-order chi connectivity index (χ0) is 9.14. The van der Waals surface area contributed by atoms with Crippen LogP contribution in [0, 0.1) is 5.82 Å². The van der Waals surface area contributed by atoms with Gasteiger partial charge in [0.25, 0.3) is 0 Å². The largest absolute Gasteiger partial charge is 0.257 e. The fraction of sp³-hybridized carbons (Fsp3) is 0.375. The molecule has 0 atom stereocenters. The van der Waals surface area contributed by atoms with Crippen LogP contribution in [0.5, 0.6) is 0 Å². The van der Waals surface area contributed by atoms with Crippen molar-refractivity contribution in [3.63, 3.8) is 0 Å². The van der Waals surface area contributed by atoms with Gasteiger partial charge in [-0.1, -0.05) is 36.5 Å². The molecule has 1 aromatic heterocycles. The molecule has 1 heterocycles. The monoisotopic (exact) mass is 207 g/mol. The molecule has 0 radical (unpaired) electrons. The van der Waals surface area contributed by atoms with Crippen LogP contribution >= 0.6 is 23.2 Å². The van der Waals surface area contributed by atoms with Crippen molar-refractivity contribution in [3.05, 3.63) is 27.8 Å². The maximum absolute atomic E-state index is 12.7. The first kappa shape index (κ1) is 9.75. The summed E-state index contributed by atoms with van der Waals surface area (Å²) >= 11 is 11.3. The lowest BCUT2D eigenvalue weighted by molar-refractivity contribution is 0.619. The molecule has 0 saturated heterocycles. The maximum atomic E-state index is 12.7. The lowest BCUT2D eigenvalue weighted by Gasteiger charge is -2.02. The van der Waals surface area contributed by atoms with Crippen LogP contribution in [0.15, 0.2) is 6.20 Å². The normalized spacial score (nSPS) is 10.3. The number of halogens is 3. The third-order valence-corrected chi connectivity index (χ3v) is 2.35.